The molecular weight excluding hydrogens is 264 g/mol. The molecule has 0 unspecified atom stereocenters. The minimum absolute atomic E-state index is 0.0982. The molecule has 104 valence electrons. The van der Waals surface area contributed by atoms with Gasteiger partial charge in [-0.25, -0.2) is 0 Å². The molecular formula is C18H20OS. The van der Waals surface area contributed by atoms with E-state index in [1.54, 1.807) is 11.8 Å². The number of aryl methyl sites for hydroxylation is 1. The molecule has 0 saturated carbocycles. The maximum Gasteiger partial charge on any atom is 0.193 e. The van der Waals surface area contributed by atoms with E-state index < -0.39 is 0 Å². The van der Waals surface area contributed by atoms with Crippen molar-refractivity contribution in [3.05, 3.63) is 65.2 Å². The number of carbonyl (C=O) groups is 1. The first-order valence-electron chi connectivity index (χ1n) is 7.11. The molecule has 0 aliphatic heterocycles. The van der Waals surface area contributed by atoms with Crippen LogP contribution in [0.4, 0.5) is 0 Å². The van der Waals surface area contributed by atoms with Crippen LogP contribution < -0.4 is 0 Å². The number of ketones is 1. The van der Waals surface area contributed by atoms with Crippen molar-refractivity contribution in [3.8, 4) is 0 Å². The Morgan fingerprint density at radius 3 is 1.95 bits per heavy atom. The van der Waals surface area contributed by atoms with Crippen molar-refractivity contribution in [1.29, 1.82) is 0 Å². The van der Waals surface area contributed by atoms with Gasteiger partial charge < -0.3 is 0 Å². The van der Waals surface area contributed by atoms with Gasteiger partial charge in [-0.1, -0.05) is 44.5 Å². The molecule has 0 aromatic heterocycles. The maximum atomic E-state index is 12.4. The third-order valence-electron chi connectivity index (χ3n) is 3.18. The Balaban J connectivity index is 2.13. The molecule has 0 fully saturated rings. The quantitative estimate of drug-likeness (QED) is 0.549. The van der Waals surface area contributed by atoms with Gasteiger partial charge in [-0.15, -0.1) is 11.8 Å². The van der Waals surface area contributed by atoms with Gasteiger partial charge in [-0.2, -0.15) is 0 Å². The van der Waals surface area contributed by atoms with E-state index in [4.69, 9.17) is 0 Å². The van der Waals surface area contributed by atoms with Crippen molar-refractivity contribution in [2.45, 2.75) is 31.6 Å². The van der Waals surface area contributed by atoms with E-state index >= 15 is 0 Å². The summed E-state index contributed by atoms with van der Waals surface area (Å²) in [6, 6.07) is 15.8. The zero-order chi connectivity index (χ0) is 14.4. The first-order valence-corrected chi connectivity index (χ1v) is 8.09. The van der Waals surface area contributed by atoms with Gasteiger partial charge in [0.15, 0.2) is 5.78 Å². The van der Waals surface area contributed by atoms with Crippen LogP contribution in [-0.2, 0) is 6.42 Å². The SMILES string of the molecule is CCCc1ccc(C(=O)c2ccc(SCC)cc2)cc1. The molecule has 0 spiro atoms. The number of carbonyl (C=O) groups excluding carboxylic acids is 1. The second kappa shape index (κ2) is 7.30. The van der Waals surface area contributed by atoms with E-state index in [9.17, 15) is 4.79 Å². The summed E-state index contributed by atoms with van der Waals surface area (Å²) >= 11 is 1.79. The summed E-state index contributed by atoms with van der Waals surface area (Å²) in [5.74, 6) is 1.15. The molecule has 2 rings (SSSR count). The zero-order valence-corrected chi connectivity index (χ0v) is 12.9. The predicted octanol–water partition coefficient (Wildman–Crippen LogP) is 4.98. The van der Waals surface area contributed by atoms with Gasteiger partial charge in [-0.05, 0) is 42.0 Å². The monoisotopic (exact) mass is 284 g/mol. The molecule has 2 aromatic rings. The smallest absolute Gasteiger partial charge is 0.193 e. The Bertz CT molecular complexity index is 503. The van der Waals surface area contributed by atoms with Gasteiger partial charge in [0, 0.05) is 16.0 Å². The lowest BCUT2D eigenvalue weighted by Gasteiger charge is -2.04. The van der Waals surface area contributed by atoms with Crippen LogP contribution in [0.1, 0.15) is 41.8 Å². The summed E-state index contributed by atoms with van der Waals surface area (Å²) in [5, 5.41) is 0. The molecule has 0 aliphatic carbocycles. The summed E-state index contributed by atoms with van der Waals surface area (Å²) in [5.41, 5.74) is 2.81. The number of benzene rings is 2. The Labute approximate surface area is 125 Å². The van der Waals surface area contributed by atoms with Crippen molar-refractivity contribution in [1.82, 2.24) is 0 Å². The summed E-state index contributed by atoms with van der Waals surface area (Å²) in [6.45, 7) is 4.29. The first-order chi connectivity index (χ1) is 9.74. The van der Waals surface area contributed by atoms with Crippen LogP contribution in [0.3, 0.4) is 0 Å². The van der Waals surface area contributed by atoms with Crippen molar-refractivity contribution in [2.75, 3.05) is 5.75 Å². The lowest BCUT2D eigenvalue weighted by atomic mass is 10.0. The first kappa shape index (κ1) is 14.9. The second-order valence-electron chi connectivity index (χ2n) is 4.73. The minimum Gasteiger partial charge on any atom is -0.289 e. The summed E-state index contributed by atoms with van der Waals surface area (Å²) in [7, 11) is 0. The Morgan fingerprint density at radius 2 is 1.45 bits per heavy atom. The van der Waals surface area contributed by atoms with Gasteiger partial charge in [-0.3, -0.25) is 4.79 Å². The average Bonchev–Trinajstić information content (AvgIpc) is 2.49. The van der Waals surface area contributed by atoms with E-state index in [2.05, 4.69) is 26.0 Å². The molecule has 0 heterocycles. The molecule has 0 saturated heterocycles. The van der Waals surface area contributed by atoms with Crippen LogP contribution in [-0.4, -0.2) is 11.5 Å². The van der Waals surface area contributed by atoms with Crippen LogP contribution in [0, 0.1) is 0 Å². The third kappa shape index (κ3) is 3.73. The number of hydrogen-bond donors (Lipinski definition) is 0. The van der Waals surface area contributed by atoms with Gasteiger partial charge in [0.25, 0.3) is 0 Å². The lowest BCUT2D eigenvalue weighted by molar-refractivity contribution is 0.103. The highest BCUT2D eigenvalue weighted by atomic mass is 32.2. The second-order valence-corrected chi connectivity index (χ2v) is 6.07. The molecule has 20 heavy (non-hydrogen) atoms. The normalized spacial score (nSPS) is 10.5. The summed E-state index contributed by atoms with van der Waals surface area (Å²) in [4.78, 5) is 13.6. The highest BCUT2D eigenvalue weighted by Crippen LogP contribution is 2.19. The predicted molar refractivity (Wildman–Crippen MR) is 86.7 cm³/mol. The van der Waals surface area contributed by atoms with Crippen LogP contribution >= 0.6 is 11.8 Å². The fraction of sp³-hybridized carbons (Fsp3) is 0.278. The highest BCUT2D eigenvalue weighted by Gasteiger charge is 2.08. The number of rotatable bonds is 6. The van der Waals surface area contributed by atoms with E-state index in [1.807, 2.05) is 36.4 Å². The molecule has 0 N–H and O–H groups in total. The van der Waals surface area contributed by atoms with Crippen molar-refractivity contribution in [3.63, 3.8) is 0 Å². The Morgan fingerprint density at radius 1 is 0.900 bits per heavy atom. The van der Waals surface area contributed by atoms with E-state index in [0.29, 0.717) is 0 Å². The fourth-order valence-electron chi connectivity index (χ4n) is 2.15. The molecule has 0 radical (unpaired) electrons. The standard InChI is InChI=1S/C18H20OS/c1-3-5-14-6-8-15(9-7-14)18(19)16-10-12-17(13-11-16)20-4-2/h6-13H,3-5H2,1-2H3. The van der Waals surface area contributed by atoms with Gasteiger partial charge in [0.05, 0.1) is 0 Å². The van der Waals surface area contributed by atoms with E-state index in [-0.39, 0.29) is 5.78 Å². The van der Waals surface area contributed by atoms with Crippen molar-refractivity contribution in [2.24, 2.45) is 0 Å². The van der Waals surface area contributed by atoms with Gasteiger partial charge in [0.2, 0.25) is 0 Å². The van der Waals surface area contributed by atoms with Crippen LogP contribution in [0.15, 0.2) is 53.4 Å². The van der Waals surface area contributed by atoms with E-state index in [0.717, 1.165) is 29.7 Å². The van der Waals surface area contributed by atoms with Crippen molar-refractivity contribution < 1.29 is 4.79 Å². The summed E-state index contributed by atoms with van der Waals surface area (Å²) < 4.78 is 0. The molecule has 2 aromatic carbocycles. The lowest BCUT2D eigenvalue weighted by Crippen LogP contribution is -2.01. The molecule has 0 aliphatic rings. The fourth-order valence-corrected chi connectivity index (χ4v) is 2.81. The molecule has 0 bridgehead atoms. The van der Waals surface area contributed by atoms with E-state index in [1.165, 1.54) is 10.5 Å². The molecule has 0 atom stereocenters. The zero-order valence-electron chi connectivity index (χ0n) is 12.1. The largest absolute Gasteiger partial charge is 0.289 e. The number of thioether (sulfide) groups is 1. The van der Waals surface area contributed by atoms with Crippen LogP contribution in [0.2, 0.25) is 0 Å². The van der Waals surface area contributed by atoms with Gasteiger partial charge in [0.1, 0.15) is 0 Å². The maximum absolute atomic E-state index is 12.4. The van der Waals surface area contributed by atoms with Crippen LogP contribution in [0.5, 0.6) is 0 Å². The Kier molecular flexibility index (Phi) is 5.42. The van der Waals surface area contributed by atoms with Gasteiger partial charge >= 0.3 is 0 Å². The molecule has 0 amide bonds. The minimum atomic E-state index is 0.0982. The Hall–Kier alpha value is -1.54. The van der Waals surface area contributed by atoms with Crippen LogP contribution in [0.25, 0.3) is 0 Å². The topological polar surface area (TPSA) is 17.1 Å². The third-order valence-corrected chi connectivity index (χ3v) is 4.08. The number of hydrogen-bond acceptors (Lipinski definition) is 2. The average molecular weight is 284 g/mol. The molecule has 1 nitrogen and oxygen atoms in total. The molecule has 2 heteroatoms. The summed E-state index contributed by atoms with van der Waals surface area (Å²) in [6.07, 6.45) is 2.20. The highest BCUT2D eigenvalue weighted by molar-refractivity contribution is 7.99. The van der Waals surface area contributed by atoms with Crippen molar-refractivity contribution >= 4 is 17.5 Å².